The number of piperazine rings is 1. The van der Waals surface area contributed by atoms with Crippen LogP contribution >= 0.6 is 0 Å². The first-order valence-corrected chi connectivity index (χ1v) is 9.06. The molecule has 2 heterocycles. The highest BCUT2D eigenvalue weighted by atomic mass is 16.3. The van der Waals surface area contributed by atoms with Gasteiger partial charge >= 0.3 is 0 Å². The Labute approximate surface area is 149 Å². The molecule has 6 heteroatoms. The lowest BCUT2D eigenvalue weighted by atomic mass is 10.1. The number of β-amino-alcohol motifs (C(OH)–C–C–N with tert-alkyl or cyclic N) is 1. The van der Waals surface area contributed by atoms with Crippen LogP contribution in [0, 0.1) is 11.3 Å². The van der Waals surface area contributed by atoms with Gasteiger partial charge in [-0.1, -0.05) is 12.1 Å². The number of carbonyl (C=O) groups is 1. The van der Waals surface area contributed by atoms with E-state index in [2.05, 4.69) is 15.9 Å². The van der Waals surface area contributed by atoms with Crippen molar-refractivity contribution in [2.75, 3.05) is 52.4 Å². The Morgan fingerprint density at radius 3 is 2.28 bits per heavy atom. The van der Waals surface area contributed by atoms with Gasteiger partial charge in [0, 0.05) is 32.7 Å². The lowest BCUT2D eigenvalue weighted by Gasteiger charge is -2.36. The van der Waals surface area contributed by atoms with E-state index >= 15 is 0 Å². The SMILES string of the molecule is N#Cc1ccc(C(O)CN2CCN(C(=O)CN3CCCC3)CC2)cc1. The molecule has 3 rings (SSSR count). The lowest BCUT2D eigenvalue weighted by Crippen LogP contribution is -2.51. The highest BCUT2D eigenvalue weighted by Gasteiger charge is 2.25. The minimum atomic E-state index is -0.570. The molecule has 0 saturated carbocycles. The van der Waals surface area contributed by atoms with Gasteiger partial charge in [-0.2, -0.15) is 5.26 Å². The third-order valence-electron chi connectivity index (χ3n) is 5.14. The number of hydrogen-bond acceptors (Lipinski definition) is 5. The van der Waals surface area contributed by atoms with Gasteiger partial charge in [0.15, 0.2) is 0 Å². The molecule has 0 bridgehead atoms. The maximum atomic E-state index is 12.4. The predicted octanol–water partition coefficient (Wildman–Crippen LogP) is 0.832. The third kappa shape index (κ3) is 4.79. The predicted molar refractivity (Wildman–Crippen MR) is 94.8 cm³/mol. The van der Waals surface area contributed by atoms with E-state index in [0.717, 1.165) is 44.8 Å². The Morgan fingerprint density at radius 1 is 1.04 bits per heavy atom. The summed E-state index contributed by atoms with van der Waals surface area (Å²) in [6.45, 7) is 6.23. The van der Waals surface area contributed by atoms with Gasteiger partial charge in [-0.05, 0) is 43.6 Å². The minimum absolute atomic E-state index is 0.231. The van der Waals surface area contributed by atoms with E-state index in [1.54, 1.807) is 24.3 Å². The number of aliphatic hydroxyl groups is 1. The molecular formula is C19H26N4O2. The number of amides is 1. The molecule has 2 saturated heterocycles. The smallest absolute Gasteiger partial charge is 0.236 e. The fourth-order valence-corrected chi connectivity index (χ4v) is 3.54. The molecule has 1 amide bonds. The van der Waals surface area contributed by atoms with Gasteiger partial charge in [0.2, 0.25) is 5.91 Å². The fourth-order valence-electron chi connectivity index (χ4n) is 3.54. The van der Waals surface area contributed by atoms with Gasteiger partial charge in [-0.3, -0.25) is 14.6 Å². The van der Waals surface area contributed by atoms with E-state index in [4.69, 9.17) is 5.26 Å². The first-order valence-electron chi connectivity index (χ1n) is 9.06. The second-order valence-corrected chi connectivity index (χ2v) is 6.91. The van der Waals surface area contributed by atoms with Crippen molar-refractivity contribution in [1.29, 1.82) is 5.26 Å². The molecule has 1 aromatic rings. The molecule has 0 spiro atoms. The molecule has 1 atom stereocenters. The van der Waals surface area contributed by atoms with Gasteiger partial charge in [0.25, 0.3) is 0 Å². The number of rotatable bonds is 5. The van der Waals surface area contributed by atoms with Crippen LogP contribution in [0.4, 0.5) is 0 Å². The molecule has 0 radical (unpaired) electrons. The van der Waals surface area contributed by atoms with Gasteiger partial charge in [0.1, 0.15) is 0 Å². The monoisotopic (exact) mass is 342 g/mol. The van der Waals surface area contributed by atoms with Gasteiger partial charge in [-0.15, -0.1) is 0 Å². The molecule has 0 aliphatic carbocycles. The Kier molecular flexibility index (Phi) is 6.03. The van der Waals surface area contributed by atoms with Crippen LogP contribution in [0.1, 0.15) is 30.1 Å². The summed E-state index contributed by atoms with van der Waals surface area (Å²) in [6.07, 6.45) is 1.84. The van der Waals surface area contributed by atoms with Crippen LogP contribution in [0.3, 0.4) is 0 Å². The molecule has 0 aromatic heterocycles. The molecule has 1 aromatic carbocycles. The van der Waals surface area contributed by atoms with Gasteiger partial charge < -0.3 is 10.0 Å². The molecule has 1 N–H and O–H groups in total. The van der Waals surface area contributed by atoms with Gasteiger partial charge in [0.05, 0.1) is 24.3 Å². The number of benzene rings is 1. The van der Waals surface area contributed by atoms with Crippen molar-refractivity contribution in [2.45, 2.75) is 18.9 Å². The first kappa shape index (κ1) is 17.9. The Hall–Kier alpha value is -1.94. The van der Waals surface area contributed by atoms with Crippen LogP contribution in [-0.4, -0.2) is 78.1 Å². The summed E-state index contributed by atoms with van der Waals surface area (Å²) in [4.78, 5) is 18.7. The number of hydrogen-bond donors (Lipinski definition) is 1. The minimum Gasteiger partial charge on any atom is -0.387 e. The Bertz CT molecular complexity index is 611. The standard InChI is InChI=1S/C19H26N4O2/c20-13-16-3-5-17(6-4-16)18(24)14-22-9-11-23(12-10-22)19(25)15-21-7-1-2-8-21/h3-6,18,24H,1-2,7-12,14-15H2. The number of likely N-dealkylation sites (tertiary alicyclic amines) is 1. The van der Waals surface area contributed by atoms with Crippen molar-refractivity contribution in [3.63, 3.8) is 0 Å². The summed E-state index contributed by atoms with van der Waals surface area (Å²) >= 11 is 0. The fraction of sp³-hybridized carbons (Fsp3) is 0.579. The average molecular weight is 342 g/mol. The van der Waals surface area contributed by atoms with E-state index < -0.39 is 6.10 Å². The van der Waals surface area contributed by atoms with E-state index in [0.29, 0.717) is 18.7 Å². The Balaban J connectivity index is 1.43. The van der Waals surface area contributed by atoms with Crippen LogP contribution in [0.2, 0.25) is 0 Å². The average Bonchev–Trinajstić information content (AvgIpc) is 3.15. The zero-order valence-electron chi connectivity index (χ0n) is 14.6. The molecule has 2 aliphatic heterocycles. The maximum Gasteiger partial charge on any atom is 0.236 e. The molecule has 25 heavy (non-hydrogen) atoms. The van der Waals surface area contributed by atoms with Crippen molar-refractivity contribution in [2.24, 2.45) is 0 Å². The summed E-state index contributed by atoms with van der Waals surface area (Å²) in [5.41, 5.74) is 1.42. The second kappa shape index (κ2) is 8.43. The lowest BCUT2D eigenvalue weighted by molar-refractivity contribution is -0.134. The molecule has 6 nitrogen and oxygen atoms in total. The summed E-state index contributed by atoms with van der Waals surface area (Å²) in [5, 5.41) is 19.2. The maximum absolute atomic E-state index is 12.4. The third-order valence-corrected chi connectivity index (χ3v) is 5.14. The zero-order valence-corrected chi connectivity index (χ0v) is 14.6. The van der Waals surface area contributed by atoms with E-state index in [1.807, 2.05) is 4.90 Å². The number of nitrogens with zero attached hydrogens (tertiary/aromatic N) is 4. The molecule has 2 aliphatic rings. The topological polar surface area (TPSA) is 70.8 Å². The Morgan fingerprint density at radius 2 is 1.68 bits per heavy atom. The summed E-state index contributed by atoms with van der Waals surface area (Å²) in [7, 11) is 0. The largest absolute Gasteiger partial charge is 0.387 e. The number of nitriles is 1. The molecule has 1 unspecified atom stereocenters. The van der Waals surface area contributed by atoms with Crippen molar-refractivity contribution in [3.05, 3.63) is 35.4 Å². The quantitative estimate of drug-likeness (QED) is 0.858. The molecule has 134 valence electrons. The van der Waals surface area contributed by atoms with Crippen molar-refractivity contribution >= 4 is 5.91 Å². The first-order chi connectivity index (χ1) is 12.2. The van der Waals surface area contributed by atoms with Crippen molar-refractivity contribution in [1.82, 2.24) is 14.7 Å². The van der Waals surface area contributed by atoms with E-state index in [9.17, 15) is 9.90 Å². The summed E-state index contributed by atoms with van der Waals surface area (Å²) in [6, 6.07) is 9.15. The number of aliphatic hydroxyl groups excluding tert-OH is 1. The second-order valence-electron chi connectivity index (χ2n) is 6.91. The van der Waals surface area contributed by atoms with Crippen LogP contribution < -0.4 is 0 Å². The normalized spacial score (nSPS) is 20.4. The van der Waals surface area contributed by atoms with E-state index in [-0.39, 0.29) is 5.91 Å². The molecule has 2 fully saturated rings. The highest BCUT2D eigenvalue weighted by Crippen LogP contribution is 2.16. The van der Waals surface area contributed by atoms with Crippen molar-refractivity contribution in [3.8, 4) is 6.07 Å². The van der Waals surface area contributed by atoms with Crippen LogP contribution in [0.15, 0.2) is 24.3 Å². The molecular weight excluding hydrogens is 316 g/mol. The van der Waals surface area contributed by atoms with E-state index in [1.165, 1.54) is 12.8 Å². The number of carbonyl (C=O) groups excluding carboxylic acids is 1. The summed E-state index contributed by atoms with van der Waals surface area (Å²) < 4.78 is 0. The van der Waals surface area contributed by atoms with Gasteiger partial charge in [-0.25, -0.2) is 0 Å². The zero-order chi connectivity index (χ0) is 17.6. The van der Waals surface area contributed by atoms with Crippen LogP contribution in [-0.2, 0) is 4.79 Å². The van der Waals surface area contributed by atoms with Crippen LogP contribution in [0.5, 0.6) is 0 Å². The highest BCUT2D eigenvalue weighted by molar-refractivity contribution is 5.78. The summed E-state index contributed by atoms with van der Waals surface area (Å²) in [5.74, 6) is 0.231. The van der Waals surface area contributed by atoms with Crippen LogP contribution in [0.25, 0.3) is 0 Å². The van der Waals surface area contributed by atoms with Crippen molar-refractivity contribution < 1.29 is 9.90 Å².